The van der Waals surface area contributed by atoms with Crippen molar-refractivity contribution in [2.24, 2.45) is 5.84 Å². The molecule has 1 aromatic carbocycles. The molecule has 0 atom stereocenters. The Morgan fingerprint density at radius 1 is 1.05 bits per heavy atom. The van der Waals surface area contributed by atoms with Crippen molar-refractivity contribution in [1.29, 1.82) is 0 Å². The molecule has 112 valence electrons. The Labute approximate surface area is 121 Å². The van der Waals surface area contributed by atoms with Crippen LogP contribution in [-0.2, 0) is 12.8 Å². The summed E-state index contributed by atoms with van der Waals surface area (Å²) in [4.78, 5) is 8.47. The van der Waals surface area contributed by atoms with Crippen LogP contribution in [0.4, 0.5) is 20.4 Å². The molecule has 0 saturated heterocycles. The van der Waals surface area contributed by atoms with Crippen LogP contribution >= 0.6 is 0 Å². The van der Waals surface area contributed by atoms with Gasteiger partial charge in [-0.05, 0) is 24.1 Å². The highest BCUT2D eigenvalue weighted by Gasteiger charge is 2.04. The summed E-state index contributed by atoms with van der Waals surface area (Å²) in [6.45, 7) is 2.43. The van der Waals surface area contributed by atoms with Gasteiger partial charge in [-0.1, -0.05) is 6.92 Å². The van der Waals surface area contributed by atoms with Crippen LogP contribution < -0.4 is 16.6 Å². The fourth-order valence-electron chi connectivity index (χ4n) is 1.91. The van der Waals surface area contributed by atoms with Gasteiger partial charge in [0.25, 0.3) is 0 Å². The Morgan fingerprint density at radius 2 is 1.71 bits per heavy atom. The molecule has 0 radical (unpaired) electrons. The Bertz CT molecular complexity index is 576. The fraction of sp³-hybridized carbons (Fsp3) is 0.286. The lowest BCUT2D eigenvalue weighted by atomic mass is 10.1. The quantitative estimate of drug-likeness (QED) is 0.562. The number of halogens is 2. The molecule has 0 unspecified atom stereocenters. The van der Waals surface area contributed by atoms with E-state index in [1.165, 1.54) is 12.1 Å². The SMILES string of the molecule is CCc1nc(NN)cc(NCCc2cc(F)cc(F)c2)n1. The number of nitrogens with one attached hydrogen (secondary N) is 2. The highest BCUT2D eigenvalue weighted by atomic mass is 19.1. The molecule has 0 saturated carbocycles. The molecule has 0 aliphatic carbocycles. The van der Waals surface area contributed by atoms with Crippen LogP contribution in [0.5, 0.6) is 0 Å². The standard InChI is InChI=1S/C14H17F2N5/c1-2-12-19-13(8-14(20-12)21-17)18-4-3-9-5-10(15)7-11(16)6-9/h5-8H,2-4,17H2,1H3,(H2,18,19,20,21). The van der Waals surface area contributed by atoms with Crippen molar-refractivity contribution in [2.75, 3.05) is 17.3 Å². The molecule has 1 aromatic heterocycles. The molecular formula is C14H17F2N5. The molecule has 0 amide bonds. The third-order valence-corrected chi connectivity index (χ3v) is 2.88. The molecule has 1 heterocycles. The number of aromatic nitrogens is 2. The number of hydrogen-bond acceptors (Lipinski definition) is 5. The van der Waals surface area contributed by atoms with E-state index >= 15 is 0 Å². The minimum Gasteiger partial charge on any atom is -0.370 e. The van der Waals surface area contributed by atoms with Gasteiger partial charge in [0.1, 0.15) is 29.1 Å². The third kappa shape index (κ3) is 4.35. The summed E-state index contributed by atoms with van der Waals surface area (Å²) < 4.78 is 26.1. The van der Waals surface area contributed by atoms with Gasteiger partial charge in [-0.2, -0.15) is 0 Å². The normalized spacial score (nSPS) is 10.5. The summed E-state index contributed by atoms with van der Waals surface area (Å²) in [5, 5.41) is 3.09. The Hall–Kier alpha value is -2.28. The minimum absolute atomic E-state index is 0.478. The number of nitrogens with two attached hydrogens (primary N) is 1. The van der Waals surface area contributed by atoms with Gasteiger partial charge in [-0.25, -0.2) is 24.6 Å². The maximum absolute atomic E-state index is 13.1. The summed E-state index contributed by atoms with van der Waals surface area (Å²) in [7, 11) is 0. The van der Waals surface area contributed by atoms with Crippen molar-refractivity contribution in [2.45, 2.75) is 19.8 Å². The third-order valence-electron chi connectivity index (χ3n) is 2.88. The Morgan fingerprint density at radius 3 is 2.33 bits per heavy atom. The molecular weight excluding hydrogens is 276 g/mol. The van der Waals surface area contributed by atoms with E-state index in [1.807, 2.05) is 6.92 Å². The number of aryl methyl sites for hydroxylation is 1. The van der Waals surface area contributed by atoms with Crippen molar-refractivity contribution >= 4 is 11.6 Å². The van der Waals surface area contributed by atoms with E-state index in [0.29, 0.717) is 42.4 Å². The lowest BCUT2D eigenvalue weighted by Gasteiger charge is -2.09. The first-order chi connectivity index (χ1) is 10.1. The lowest BCUT2D eigenvalue weighted by Crippen LogP contribution is -2.13. The molecule has 7 heteroatoms. The van der Waals surface area contributed by atoms with E-state index in [0.717, 1.165) is 6.07 Å². The Kier molecular flexibility index (Phi) is 4.99. The summed E-state index contributed by atoms with van der Waals surface area (Å²) in [5.74, 6) is 5.99. The van der Waals surface area contributed by atoms with Gasteiger partial charge in [0, 0.05) is 25.1 Å². The molecule has 0 spiro atoms. The summed E-state index contributed by atoms with van der Waals surface area (Å²) in [5.41, 5.74) is 3.06. The van der Waals surface area contributed by atoms with Gasteiger partial charge in [0.05, 0.1) is 0 Å². The van der Waals surface area contributed by atoms with Crippen LogP contribution in [-0.4, -0.2) is 16.5 Å². The van der Waals surface area contributed by atoms with Gasteiger partial charge in [-0.15, -0.1) is 0 Å². The van der Waals surface area contributed by atoms with Crippen molar-refractivity contribution in [3.63, 3.8) is 0 Å². The van der Waals surface area contributed by atoms with Gasteiger partial charge in [0.15, 0.2) is 0 Å². The molecule has 0 aliphatic rings. The predicted molar refractivity (Wildman–Crippen MR) is 77.8 cm³/mol. The predicted octanol–water partition coefficient (Wildman–Crippen LogP) is 2.26. The van der Waals surface area contributed by atoms with Crippen molar-refractivity contribution in [1.82, 2.24) is 9.97 Å². The molecule has 0 bridgehead atoms. The molecule has 2 rings (SSSR count). The van der Waals surface area contributed by atoms with Crippen LogP contribution in [0.25, 0.3) is 0 Å². The van der Waals surface area contributed by atoms with Gasteiger partial charge in [0.2, 0.25) is 0 Å². The van der Waals surface area contributed by atoms with Crippen molar-refractivity contribution in [3.05, 3.63) is 47.3 Å². The van der Waals surface area contributed by atoms with E-state index in [2.05, 4.69) is 20.7 Å². The van der Waals surface area contributed by atoms with Crippen LogP contribution in [0.2, 0.25) is 0 Å². The molecule has 0 aliphatic heterocycles. The van der Waals surface area contributed by atoms with Crippen LogP contribution in [0.15, 0.2) is 24.3 Å². The molecule has 5 nitrogen and oxygen atoms in total. The maximum Gasteiger partial charge on any atom is 0.145 e. The van der Waals surface area contributed by atoms with Gasteiger partial charge < -0.3 is 10.7 Å². The topological polar surface area (TPSA) is 75.9 Å². The second kappa shape index (κ2) is 6.94. The number of hydrazine groups is 1. The van der Waals surface area contributed by atoms with E-state index in [9.17, 15) is 8.78 Å². The first-order valence-electron chi connectivity index (χ1n) is 6.64. The van der Waals surface area contributed by atoms with E-state index in [1.54, 1.807) is 6.07 Å². The molecule has 2 aromatic rings. The number of nitrogens with zero attached hydrogens (tertiary/aromatic N) is 2. The van der Waals surface area contributed by atoms with Gasteiger partial charge in [-0.3, -0.25) is 0 Å². The number of anilines is 2. The van der Waals surface area contributed by atoms with Gasteiger partial charge >= 0.3 is 0 Å². The second-order valence-corrected chi connectivity index (χ2v) is 4.51. The van der Waals surface area contributed by atoms with E-state index in [-0.39, 0.29) is 0 Å². The summed E-state index contributed by atoms with van der Waals surface area (Å²) in [6.07, 6.45) is 1.16. The van der Waals surface area contributed by atoms with E-state index < -0.39 is 11.6 Å². The smallest absolute Gasteiger partial charge is 0.145 e. The van der Waals surface area contributed by atoms with Crippen LogP contribution in [0.3, 0.4) is 0 Å². The number of rotatable bonds is 6. The number of nitrogen functional groups attached to an aromatic ring is 1. The fourth-order valence-corrected chi connectivity index (χ4v) is 1.91. The average molecular weight is 293 g/mol. The average Bonchev–Trinajstić information content (AvgIpc) is 2.45. The largest absolute Gasteiger partial charge is 0.370 e. The number of benzene rings is 1. The monoisotopic (exact) mass is 293 g/mol. The second-order valence-electron chi connectivity index (χ2n) is 4.51. The zero-order chi connectivity index (χ0) is 15.2. The lowest BCUT2D eigenvalue weighted by molar-refractivity contribution is 0.580. The summed E-state index contributed by atoms with van der Waals surface area (Å²) >= 11 is 0. The molecule has 4 N–H and O–H groups in total. The zero-order valence-electron chi connectivity index (χ0n) is 11.7. The molecule has 21 heavy (non-hydrogen) atoms. The first kappa shape index (κ1) is 15.1. The van der Waals surface area contributed by atoms with Crippen molar-refractivity contribution in [3.8, 4) is 0 Å². The zero-order valence-corrected chi connectivity index (χ0v) is 11.7. The highest BCUT2D eigenvalue weighted by molar-refractivity contribution is 5.46. The van der Waals surface area contributed by atoms with Crippen molar-refractivity contribution < 1.29 is 8.78 Å². The maximum atomic E-state index is 13.1. The van der Waals surface area contributed by atoms with E-state index in [4.69, 9.17) is 5.84 Å². The van der Waals surface area contributed by atoms with Crippen LogP contribution in [0.1, 0.15) is 18.3 Å². The molecule has 0 fully saturated rings. The first-order valence-corrected chi connectivity index (χ1v) is 6.64. The summed E-state index contributed by atoms with van der Waals surface area (Å²) in [6, 6.07) is 5.16. The van der Waals surface area contributed by atoms with Crippen LogP contribution in [0, 0.1) is 11.6 Å². The highest BCUT2D eigenvalue weighted by Crippen LogP contribution is 2.12. The Balaban J connectivity index is 1.99. The minimum atomic E-state index is -0.574. The number of hydrogen-bond donors (Lipinski definition) is 3.